The van der Waals surface area contributed by atoms with E-state index in [1.807, 2.05) is 20.8 Å². The van der Waals surface area contributed by atoms with Crippen molar-refractivity contribution < 1.29 is 14.3 Å². The molecule has 1 aromatic heterocycles. The first-order chi connectivity index (χ1) is 12.2. The van der Waals surface area contributed by atoms with Crippen LogP contribution in [0.3, 0.4) is 0 Å². The van der Waals surface area contributed by atoms with Crippen LogP contribution in [0.4, 0.5) is 9.59 Å². The fraction of sp³-hybridized carbons (Fsp3) is 0.722. The quantitative estimate of drug-likeness (QED) is 0.868. The summed E-state index contributed by atoms with van der Waals surface area (Å²) < 4.78 is 5.37. The molecule has 0 radical (unpaired) electrons. The average molecular weight is 383 g/mol. The highest BCUT2D eigenvalue weighted by molar-refractivity contribution is 7.09. The monoisotopic (exact) mass is 382 g/mol. The SMILES string of the molecule is CC(C)c1nc(CCNC(=O)N2CCN(C(=O)OC(C)(C)C)CC2)cs1. The van der Waals surface area contributed by atoms with Gasteiger partial charge in [0.2, 0.25) is 0 Å². The van der Waals surface area contributed by atoms with E-state index >= 15 is 0 Å². The average Bonchev–Trinajstić information content (AvgIpc) is 3.02. The molecule has 2 rings (SSSR count). The Bertz CT molecular complexity index is 616. The Morgan fingerprint density at radius 1 is 1.23 bits per heavy atom. The van der Waals surface area contributed by atoms with E-state index in [1.165, 1.54) is 0 Å². The first-order valence-electron chi connectivity index (χ1n) is 9.10. The second kappa shape index (κ2) is 8.70. The van der Waals surface area contributed by atoms with Crippen molar-refractivity contribution in [2.45, 2.75) is 52.6 Å². The van der Waals surface area contributed by atoms with Gasteiger partial charge in [-0.1, -0.05) is 13.8 Å². The number of aromatic nitrogens is 1. The number of nitrogens with one attached hydrogen (secondary N) is 1. The molecule has 7 nitrogen and oxygen atoms in total. The number of rotatable bonds is 4. The first-order valence-corrected chi connectivity index (χ1v) is 9.98. The fourth-order valence-corrected chi connectivity index (χ4v) is 3.40. The highest BCUT2D eigenvalue weighted by Gasteiger charge is 2.27. The van der Waals surface area contributed by atoms with Gasteiger partial charge in [0, 0.05) is 50.4 Å². The van der Waals surface area contributed by atoms with E-state index in [9.17, 15) is 9.59 Å². The lowest BCUT2D eigenvalue weighted by atomic mass is 10.2. The van der Waals surface area contributed by atoms with Gasteiger partial charge < -0.3 is 19.9 Å². The summed E-state index contributed by atoms with van der Waals surface area (Å²) in [6, 6.07) is -0.0897. The summed E-state index contributed by atoms with van der Waals surface area (Å²) in [5, 5.41) is 6.12. The third kappa shape index (κ3) is 6.16. The Balaban J connectivity index is 1.70. The van der Waals surface area contributed by atoms with Crippen molar-refractivity contribution >= 4 is 23.5 Å². The van der Waals surface area contributed by atoms with Crippen molar-refractivity contribution in [3.63, 3.8) is 0 Å². The number of nitrogens with zero attached hydrogens (tertiary/aromatic N) is 3. The van der Waals surface area contributed by atoms with E-state index in [0.29, 0.717) is 38.6 Å². The highest BCUT2D eigenvalue weighted by Crippen LogP contribution is 2.19. The summed E-state index contributed by atoms with van der Waals surface area (Å²) in [7, 11) is 0. The number of carbonyl (C=O) groups is 2. The number of hydrogen-bond acceptors (Lipinski definition) is 5. The molecule has 1 aliphatic rings. The standard InChI is InChI=1S/C18H30N4O3S/c1-13(2)15-20-14(12-26-15)6-7-19-16(23)21-8-10-22(11-9-21)17(24)25-18(3,4)5/h12-13H,6-11H2,1-5H3,(H,19,23). The van der Waals surface area contributed by atoms with Crippen LogP contribution in [0.2, 0.25) is 0 Å². The lowest BCUT2D eigenvalue weighted by molar-refractivity contribution is 0.0170. The molecule has 1 N–H and O–H groups in total. The molecule has 0 unspecified atom stereocenters. The number of piperazine rings is 1. The largest absolute Gasteiger partial charge is 0.444 e. The zero-order chi connectivity index (χ0) is 19.3. The lowest BCUT2D eigenvalue weighted by Gasteiger charge is -2.35. The van der Waals surface area contributed by atoms with E-state index in [2.05, 4.69) is 29.5 Å². The van der Waals surface area contributed by atoms with Crippen LogP contribution in [0, 0.1) is 0 Å². The van der Waals surface area contributed by atoms with Gasteiger partial charge in [-0.2, -0.15) is 0 Å². The second-order valence-electron chi connectivity index (χ2n) is 7.77. The molecule has 3 amide bonds. The number of amides is 3. The fourth-order valence-electron chi connectivity index (χ4n) is 2.53. The number of ether oxygens (including phenoxy) is 1. The summed E-state index contributed by atoms with van der Waals surface area (Å²) in [4.78, 5) is 32.3. The summed E-state index contributed by atoms with van der Waals surface area (Å²) in [6.07, 6.45) is 0.411. The number of thiazole rings is 1. The van der Waals surface area contributed by atoms with Gasteiger partial charge in [-0.05, 0) is 20.8 Å². The summed E-state index contributed by atoms with van der Waals surface area (Å²) in [6.45, 7) is 12.4. The molecule has 0 atom stereocenters. The Kier molecular flexibility index (Phi) is 6.86. The van der Waals surface area contributed by atoms with Crippen molar-refractivity contribution in [3.8, 4) is 0 Å². The highest BCUT2D eigenvalue weighted by atomic mass is 32.1. The van der Waals surface area contributed by atoms with Crippen LogP contribution in [0.15, 0.2) is 5.38 Å². The molecule has 1 aromatic rings. The molecule has 0 aliphatic carbocycles. The minimum Gasteiger partial charge on any atom is -0.444 e. The molecule has 0 bridgehead atoms. The number of carbonyl (C=O) groups excluding carboxylic acids is 2. The topological polar surface area (TPSA) is 74.8 Å². The molecule has 1 fully saturated rings. The Labute approximate surface area is 159 Å². The van der Waals surface area contributed by atoms with Gasteiger partial charge in [-0.25, -0.2) is 14.6 Å². The second-order valence-corrected chi connectivity index (χ2v) is 8.66. The third-order valence-corrected chi connectivity index (χ3v) is 5.13. The van der Waals surface area contributed by atoms with Crippen LogP contribution >= 0.6 is 11.3 Å². The molecule has 0 saturated carbocycles. The number of urea groups is 1. The Hall–Kier alpha value is -1.83. The molecule has 8 heteroatoms. The van der Waals surface area contributed by atoms with Gasteiger partial charge in [0.25, 0.3) is 0 Å². The molecule has 146 valence electrons. The van der Waals surface area contributed by atoms with Crippen molar-refractivity contribution in [3.05, 3.63) is 16.1 Å². The summed E-state index contributed by atoms with van der Waals surface area (Å²) in [5.74, 6) is 0.435. The molecular formula is C18H30N4O3S. The first kappa shape index (κ1) is 20.5. The van der Waals surface area contributed by atoms with Gasteiger partial charge in [-0.15, -0.1) is 11.3 Å². The maximum absolute atomic E-state index is 12.3. The molecule has 2 heterocycles. The van der Waals surface area contributed by atoms with Crippen LogP contribution < -0.4 is 5.32 Å². The predicted octanol–water partition coefficient (Wildman–Crippen LogP) is 3.07. The van der Waals surface area contributed by atoms with Gasteiger partial charge >= 0.3 is 12.1 Å². The summed E-state index contributed by atoms with van der Waals surface area (Å²) in [5.41, 5.74) is 0.519. The van der Waals surface area contributed by atoms with E-state index in [1.54, 1.807) is 21.1 Å². The van der Waals surface area contributed by atoms with Crippen molar-refractivity contribution in [2.24, 2.45) is 0 Å². The maximum Gasteiger partial charge on any atom is 0.410 e. The zero-order valence-corrected chi connectivity index (χ0v) is 17.2. The van der Waals surface area contributed by atoms with Crippen molar-refractivity contribution in [2.75, 3.05) is 32.7 Å². The minimum absolute atomic E-state index is 0.0897. The Morgan fingerprint density at radius 2 is 1.85 bits per heavy atom. The molecule has 1 saturated heterocycles. The molecule has 0 spiro atoms. The minimum atomic E-state index is -0.503. The van der Waals surface area contributed by atoms with Crippen LogP contribution in [0.1, 0.15) is 51.2 Å². The third-order valence-electron chi connectivity index (χ3n) is 3.94. The van der Waals surface area contributed by atoms with E-state index in [-0.39, 0.29) is 12.1 Å². The predicted molar refractivity (Wildman–Crippen MR) is 103 cm³/mol. The van der Waals surface area contributed by atoms with Crippen LogP contribution in [-0.2, 0) is 11.2 Å². The van der Waals surface area contributed by atoms with Crippen LogP contribution in [0.5, 0.6) is 0 Å². The van der Waals surface area contributed by atoms with Crippen molar-refractivity contribution in [1.29, 1.82) is 0 Å². The molecule has 26 heavy (non-hydrogen) atoms. The molecular weight excluding hydrogens is 352 g/mol. The number of hydrogen-bond donors (Lipinski definition) is 1. The van der Waals surface area contributed by atoms with Gasteiger partial charge in [-0.3, -0.25) is 0 Å². The normalized spacial score (nSPS) is 15.3. The van der Waals surface area contributed by atoms with Gasteiger partial charge in [0.05, 0.1) is 10.7 Å². The van der Waals surface area contributed by atoms with E-state index in [4.69, 9.17) is 4.74 Å². The zero-order valence-electron chi connectivity index (χ0n) is 16.4. The van der Waals surface area contributed by atoms with Crippen LogP contribution in [-0.4, -0.2) is 65.2 Å². The smallest absolute Gasteiger partial charge is 0.410 e. The van der Waals surface area contributed by atoms with Crippen molar-refractivity contribution in [1.82, 2.24) is 20.1 Å². The van der Waals surface area contributed by atoms with E-state index in [0.717, 1.165) is 17.1 Å². The van der Waals surface area contributed by atoms with Crippen LogP contribution in [0.25, 0.3) is 0 Å². The maximum atomic E-state index is 12.3. The Morgan fingerprint density at radius 3 is 2.38 bits per heavy atom. The van der Waals surface area contributed by atoms with Gasteiger partial charge in [0.1, 0.15) is 5.60 Å². The van der Waals surface area contributed by atoms with E-state index < -0.39 is 5.60 Å². The van der Waals surface area contributed by atoms with Gasteiger partial charge in [0.15, 0.2) is 0 Å². The lowest BCUT2D eigenvalue weighted by Crippen LogP contribution is -2.54. The molecule has 1 aliphatic heterocycles. The molecule has 0 aromatic carbocycles. The summed E-state index contributed by atoms with van der Waals surface area (Å²) >= 11 is 1.67.